The number of rotatable bonds is 6. The van der Waals surface area contributed by atoms with Gasteiger partial charge < -0.3 is 13.3 Å². The van der Waals surface area contributed by atoms with Crippen molar-refractivity contribution in [3.63, 3.8) is 0 Å². The van der Waals surface area contributed by atoms with Crippen LogP contribution in [0.15, 0.2) is 4.99 Å². The van der Waals surface area contributed by atoms with Crippen LogP contribution in [-0.2, 0) is 18.1 Å². The lowest BCUT2D eigenvalue weighted by Gasteiger charge is -2.12. The molecule has 0 radical (unpaired) electrons. The topological polar surface area (TPSA) is 57.1 Å². The molecule has 0 N–H and O–H groups in total. The fraction of sp³-hybridized carbons (Fsp3) is 0.875. The van der Waals surface area contributed by atoms with E-state index in [2.05, 4.69) is 4.99 Å². The number of isocyanates is 1. The quantitative estimate of drug-likeness (QED) is 0.377. The van der Waals surface area contributed by atoms with Gasteiger partial charge in [0.25, 0.3) is 0 Å². The lowest BCUT2D eigenvalue weighted by atomic mass is 10.9. The third-order valence-electron chi connectivity index (χ3n) is 1.000. The van der Waals surface area contributed by atoms with E-state index >= 15 is 0 Å². The Morgan fingerprint density at radius 3 is 1.50 bits per heavy atom. The molecule has 0 saturated heterocycles. The lowest BCUT2D eigenvalue weighted by Crippen LogP contribution is -2.27. The van der Waals surface area contributed by atoms with Crippen molar-refractivity contribution >= 4 is 15.6 Å². The van der Waals surface area contributed by atoms with Gasteiger partial charge in [-0.25, -0.2) is 9.79 Å². The minimum atomic E-state index is -1.73. The maximum absolute atomic E-state index is 8.88. The molecule has 0 aromatic heterocycles. The van der Waals surface area contributed by atoms with Crippen molar-refractivity contribution in [2.24, 2.45) is 4.99 Å². The molecule has 5 nitrogen and oxygen atoms in total. The Balaban J connectivity index is 0. The van der Waals surface area contributed by atoms with Crippen molar-refractivity contribution in [3.8, 4) is 0 Å². The average Bonchev–Trinajstić information content (AvgIpc) is 2.20. The van der Waals surface area contributed by atoms with Crippen LogP contribution in [0.1, 0.15) is 20.8 Å². The van der Waals surface area contributed by atoms with Gasteiger partial charge in [0.05, 0.1) is 0 Å². The Kier molecular flexibility index (Phi) is 17.0. The highest BCUT2D eigenvalue weighted by Gasteiger charge is 2.11. The number of hydrogen-bond donors (Lipinski definition) is 0. The molecule has 0 spiro atoms. The molecule has 84 valence electrons. The van der Waals surface area contributed by atoms with Crippen LogP contribution >= 0.6 is 0 Å². The third-order valence-corrected chi connectivity index (χ3v) is 2.82. The van der Waals surface area contributed by atoms with Gasteiger partial charge in [-0.1, -0.05) is 0 Å². The first kappa shape index (κ1) is 15.9. The maximum Gasteiger partial charge on any atom is 0.484 e. The van der Waals surface area contributed by atoms with Crippen LogP contribution in [0.4, 0.5) is 0 Å². The van der Waals surface area contributed by atoms with Crippen molar-refractivity contribution in [1.82, 2.24) is 0 Å². The van der Waals surface area contributed by atoms with E-state index in [-0.39, 0.29) is 0 Å². The second-order valence-corrected chi connectivity index (χ2v) is 3.55. The van der Waals surface area contributed by atoms with Crippen molar-refractivity contribution < 1.29 is 18.1 Å². The van der Waals surface area contributed by atoms with Crippen LogP contribution in [0.25, 0.3) is 0 Å². The summed E-state index contributed by atoms with van der Waals surface area (Å²) in [5.74, 6) is 0. The summed E-state index contributed by atoms with van der Waals surface area (Å²) in [7, 11) is -0.352. The van der Waals surface area contributed by atoms with Crippen LogP contribution in [0.2, 0.25) is 0 Å². The first-order valence-corrected chi connectivity index (χ1v) is 5.98. The molecule has 0 amide bonds. The van der Waals surface area contributed by atoms with Crippen molar-refractivity contribution in [1.29, 1.82) is 0 Å². The van der Waals surface area contributed by atoms with E-state index in [0.29, 0.717) is 19.8 Å². The van der Waals surface area contributed by atoms with E-state index in [1.54, 1.807) is 0 Å². The molecular weight excluding hydrogens is 202 g/mol. The molecule has 0 bridgehead atoms. The van der Waals surface area contributed by atoms with Gasteiger partial charge in [-0.2, -0.15) is 0 Å². The van der Waals surface area contributed by atoms with Gasteiger partial charge in [0.1, 0.15) is 0 Å². The Morgan fingerprint density at radius 2 is 1.36 bits per heavy atom. The summed E-state index contributed by atoms with van der Waals surface area (Å²) in [5, 5.41) is 0. The molecule has 0 aliphatic carbocycles. The van der Waals surface area contributed by atoms with Gasteiger partial charge in [-0.05, 0) is 20.8 Å². The third kappa shape index (κ3) is 14.0. The molecule has 0 aliphatic heterocycles. The predicted octanol–water partition coefficient (Wildman–Crippen LogP) is 0.765. The van der Waals surface area contributed by atoms with Crippen molar-refractivity contribution in [2.75, 3.05) is 26.9 Å². The summed E-state index contributed by atoms with van der Waals surface area (Å²) < 4.78 is 15.7. The van der Waals surface area contributed by atoms with Crippen LogP contribution in [0.5, 0.6) is 0 Å². The minimum Gasteiger partial charge on any atom is -0.376 e. The van der Waals surface area contributed by atoms with Crippen molar-refractivity contribution in [3.05, 3.63) is 0 Å². The number of nitrogens with zero attached hydrogens (tertiary/aromatic N) is 1. The fourth-order valence-corrected chi connectivity index (χ4v) is 1.66. The normalized spacial score (nSPS) is 8.93. The van der Waals surface area contributed by atoms with Gasteiger partial charge >= 0.3 is 9.53 Å². The molecule has 0 rings (SSSR count). The summed E-state index contributed by atoms with van der Waals surface area (Å²) in [4.78, 5) is 11.8. The molecule has 14 heavy (non-hydrogen) atoms. The van der Waals surface area contributed by atoms with Crippen LogP contribution in [0.3, 0.4) is 0 Å². The Labute approximate surface area is 87.0 Å². The van der Waals surface area contributed by atoms with Crippen LogP contribution in [0, 0.1) is 0 Å². The zero-order valence-corrected chi connectivity index (χ0v) is 10.4. The van der Waals surface area contributed by atoms with E-state index in [9.17, 15) is 0 Å². The van der Waals surface area contributed by atoms with Gasteiger partial charge in [-0.15, -0.1) is 0 Å². The number of carbonyl (C=O) groups excluding carboxylic acids is 1. The summed E-state index contributed by atoms with van der Waals surface area (Å²) in [6, 6.07) is 0. The Morgan fingerprint density at radius 1 is 1.07 bits per heavy atom. The molecule has 0 unspecified atom stereocenters. The number of aliphatic imine (C=N–C) groups is 1. The predicted molar refractivity (Wildman–Crippen MR) is 56.1 cm³/mol. The van der Waals surface area contributed by atoms with Crippen LogP contribution < -0.4 is 0 Å². The summed E-state index contributed by atoms with van der Waals surface area (Å²) >= 11 is 0. The second-order valence-electron chi connectivity index (χ2n) is 1.97. The highest BCUT2D eigenvalue weighted by atomic mass is 28.3. The van der Waals surface area contributed by atoms with Crippen molar-refractivity contribution in [2.45, 2.75) is 20.8 Å². The minimum absolute atomic E-state index is 0.677. The Hall–Kier alpha value is -0.523. The monoisotopic (exact) mass is 221 g/mol. The second kappa shape index (κ2) is 15.0. The van der Waals surface area contributed by atoms with E-state index in [1.807, 2.05) is 20.8 Å². The largest absolute Gasteiger partial charge is 0.484 e. The summed E-state index contributed by atoms with van der Waals surface area (Å²) in [6.45, 7) is 7.86. The fourth-order valence-electron chi connectivity index (χ4n) is 0.553. The zero-order chi connectivity index (χ0) is 11.2. The molecule has 0 saturated carbocycles. The smallest absolute Gasteiger partial charge is 0.376 e. The average molecular weight is 221 g/mol. The van der Waals surface area contributed by atoms with Gasteiger partial charge in [0.15, 0.2) is 0 Å². The molecule has 0 aromatic carbocycles. The molecule has 0 fully saturated rings. The van der Waals surface area contributed by atoms with Crippen LogP contribution in [-0.4, -0.2) is 42.5 Å². The molecular formula is C8H19NO4Si. The first-order valence-electron chi connectivity index (χ1n) is 4.57. The Bertz CT molecular complexity index is 136. The standard InChI is InChI=1S/C6H16O3Si.C2H3NO/c1-4-7-10(8-5-2)9-6-3;1-3-2-4/h10H,4-6H2,1-3H3;1H3. The van der Waals surface area contributed by atoms with E-state index in [1.165, 1.54) is 13.1 Å². The highest BCUT2D eigenvalue weighted by molar-refractivity contribution is 6.36. The van der Waals surface area contributed by atoms with Gasteiger partial charge in [0.2, 0.25) is 6.08 Å². The molecule has 0 heterocycles. The summed E-state index contributed by atoms with van der Waals surface area (Å²) in [5.41, 5.74) is 0. The molecule has 6 heteroatoms. The summed E-state index contributed by atoms with van der Waals surface area (Å²) in [6.07, 6.45) is 1.31. The molecule has 0 aromatic rings. The van der Waals surface area contributed by atoms with E-state index < -0.39 is 9.53 Å². The highest BCUT2D eigenvalue weighted by Crippen LogP contribution is 1.90. The molecule has 0 atom stereocenters. The van der Waals surface area contributed by atoms with Gasteiger partial charge in [0, 0.05) is 26.9 Å². The number of hydrogen-bond acceptors (Lipinski definition) is 5. The molecule has 0 aliphatic rings. The maximum atomic E-state index is 8.88. The van der Waals surface area contributed by atoms with Gasteiger partial charge in [-0.3, -0.25) is 0 Å². The lowest BCUT2D eigenvalue weighted by molar-refractivity contribution is 0.107. The first-order chi connectivity index (χ1) is 6.76. The zero-order valence-electron chi connectivity index (χ0n) is 9.28. The SMILES string of the molecule is CCO[SiH](OCC)OCC.CN=C=O. The van der Waals surface area contributed by atoms with E-state index in [4.69, 9.17) is 18.1 Å². The van der Waals surface area contributed by atoms with E-state index in [0.717, 1.165) is 0 Å².